The van der Waals surface area contributed by atoms with E-state index in [1.807, 2.05) is 0 Å². The molecule has 0 unspecified atom stereocenters. The smallest absolute Gasteiger partial charge is 0.315 e. The highest BCUT2D eigenvalue weighted by molar-refractivity contribution is 8.00. The van der Waals surface area contributed by atoms with E-state index >= 15 is 0 Å². The predicted molar refractivity (Wildman–Crippen MR) is 118 cm³/mol. The molecule has 0 N–H and O–H groups in total. The maximum atomic E-state index is 11.5. The van der Waals surface area contributed by atoms with Gasteiger partial charge in [-0.3, -0.25) is 4.79 Å². The Morgan fingerprint density at radius 1 is 1.04 bits per heavy atom. The Kier molecular flexibility index (Phi) is 7.47. The molecule has 1 aromatic rings. The van der Waals surface area contributed by atoms with Crippen LogP contribution in [-0.2, 0) is 26.8 Å². The van der Waals surface area contributed by atoms with E-state index in [2.05, 4.69) is 59.7 Å². The van der Waals surface area contributed by atoms with E-state index in [9.17, 15) is 4.79 Å². The van der Waals surface area contributed by atoms with E-state index in [0.29, 0.717) is 11.0 Å². The summed E-state index contributed by atoms with van der Waals surface area (Å²) >= 11 is 1.80. The van der Waals surface area contributed by atoms with Gasteiger partial charge in [-0.05, 0) is 59.1 Å². The zero-order chi connectivity index (χ0) is 20.2. The van der Waals surface area contributed by atoms with Gasteiger partial charge in [0.1, 0.15) is 0 Å². The van der Waals surface area contributed by atoms with E-state index in [-0.39, 0.29) is 16.8 Å². The normalized spacial score (nSPS) is 20.7. The van der Waals surface area contributed by atoms with Crippen LogP contribution in [0.25, 0.3) is 0 Å². The first-order chi connectivity index (χ1) is 12.5. The van der Waals surface area contributed by atoms with Crippen molar-refractivity contribution >= 4 is 17.7 Å². The summed E-state index contributed by atoms with van der Waals surface area (Å²) in [5, 5.41) is 0.608. The highest BCUT2D eigenvalue weighted by atomic mass is 32.2. The minimum absolute atomic E-state index is 0.0988. The van der Waals surface area contributed by atoms with Gasteiger partial charge in [0.2, 0.25) is 0 Å². The molecule has 0 aliphatic heterocycles. The molecule has 152 valence electrons. The fourth-order valence-electron chi connectivity index (χ4n) is 3.84. The van der Waals surface area contributed by atoms with Gasteiger partial charge in [-0.15, -0.1) is 11.8 Å². The number of rotatable bonds is 6. The molecule has 1 aliphatic carbocycles. The van der Waals surface area contributed by atoms with Crippen molar-refractivity contribution in [2.24, 2.45) is 5.92 Å². The van der Waals surface area contributed by atoms with Gasteiger partial charge in [0.05, 0.1) is 12.9 Å². The monoisotopic (exact) mass is 390 g/mol. The lowest BCUT2D eigenvalue weighted by molar-refractivity contribution is -0.137. The number of hydrogen-bond donors (Lipinski definition) is 0. The van der Waals surface area contributed by atoms with Gasteiger partial charge in [0.15, 0.2) is 0 Å². The summed E-state index contributed by atoms with van der Waals surface area (Å²) in [4.78, 5) is 11.5. The molecule has 2 nitrogen and oxygen atoms in total. The van der Waals surface area contributed by atoms with Crippen molar-refractivity contribution in [3.05, 3.63) is 34.9 Å². The van der Waals surface area contributed by atoms with Gasteiger partial charge in [-0.1, -0.05) is 66.2 Å². The highest BCUT2D eigenvalue weighted by Gasteiger charge is 2.28. The maximum Gasteiger partial charge on any atom is 0.315 e. The Hall–Kier alpha value is -0.960. The van der Waals surface area contributed by atoms with Crippen molar-refractivity contribution in [3.8, 4) is 0 Å². The van der Waals surface area contributed by atoms with E-state index in [0.717, 1.165) is 12.3 Å². The zero-order valence-electron chi connectivity index (χ0n) is 18.4. The summed E-state index contributed by atoms with van der Waals surface area (Å²) in [5.41, 5.74) is 4.68. The lowest BCUT2D eigenvalue weighted by Crippen LogP contribution is -2.18. The number of aryl methyl sites for hydroxylation is 1. The van der Waals surface area contributed by atoms with Crippen LogP contribution in [0.2, 0.25) is 0 Å². The topological polar surface area (TPSA) is 26.3 Å². The Morgan fingerprint density at radius 2 is 1.63 bits per heavy atom. The molecule has 2 atom stereocenters. The third-order valence-corrected chi connectivity index (χ3v) is 7.21. The number of carbonyl (C=O) groups is 1. The van der Waals surface area contributed by atoms with E-state index < -0.39 is 0 Å². The van der Waals surface area contributed by atoms with Crippen molar-refractivity contribution in [1.29, 1.82) is 0 Å². The van der Waals surface area contributed by atoms with Crippen molar-refractivity contribution in [2.45, 2.75) is 89.7 Å². The molecule has 0 bridgehead atoms. The van der Waals surface area contributed by atoms with Gasteiger partial charge in [-0.25, -0.2) is 0 Å². The van der Waals surface area contributed by atoms with Gasteiger partial charge in [0.25, 0.3) is 0 Å². The second kappa shape index (κ2) is 9.03. The van der Waals surface area contributed by atoms with E-state index in [1.165, 1.54) is 49.5 Å². The molecule has 0 saturated heterocycles. The van der Waals surface area contributed by atoms with E-state index in [1.54, 1.807) is 11.8 Å². The minimum Gasteiger partial charge on any atom is -0.468 e. The minimum atomic E-state index is -0.0988. The van der Waals surface area contributed by atoms with Crippen LogP contribution >= 0.6 is 11.8 Å². The summed E-state index contributed by atoms with van der Waals surface area (Å²) in [6.07, 6.45) is 6.17. The lowest BCUT2D eigenvalue weighted by Gasteiger charge is -2.27. The Bertz CT molecular complexity index is 605. The van der Waals surface area contributed by atoms with Crippen LogP contribution in [0, 0.1) is 5.92 Å². The molecule has 3 heteroatoms. The molecule has 0 amide bonds. The van der Waals surface area contributed by atoms with Crippen LogP contribution in [0.1, 0.15) is 83.9 Å². The Labute approximate surface area is 170 Å². The van der Waals surface area contributed by atoms with Crippen molar-refractivity contribution < 1.29 is 9.53 Å². The summed E-state index contributed by atoms with van der Waals surface area (Å²) in [5.74, 6) is 1.11. The molecule has 1 fully saturated rings. The quantitative estimate of drug-likeness (QED) is 0.534. The SMILES string of the molecule is COC(=O)CS[C@@H]1CCC[C@H]1CCc1cc(C(C)(C)C)cc(C(C)(C)C)c1. The van der Waals surface area contributed by atoms with Gasteiger partial charge >= 0.3 is 5.97 Å². The molecule has 0 heterocycles. The number of methoxy groups -OCH3 is 1. The first-order valence-electron chi connectivity index (χ1n) is 10.3. The third-order valence-electron chi connectivity index (χ3n) is 5.76. The van der Waals surface area contributed by atoms with Crippen LogP contribution in [0.4, 0.5) is 0 Å². The molecule has 0 radical (unpaired) electrons. The van der Waals surface area contributed by atoms with Crippen LogP contribution < -0.4 is 0 Å². The average molecular weight is 391 g/mol. The first-order valence-corrected chi connectivity index (χ1v) is 11.4. The van der Waals surface area contributed by atoms with Crippen LogP contribution in [0.3, 0.4) is 0 Å². The van der Waals surface area contributed by atoms with Crippen molar-refractivity contribution in [1.82, 2.24) is 0 Å². The third kappa shape index (κ3) is 6.55. The maximum absolute atomic E-state index is 11.5. The lowest BCUT2D eigenvalue weighted by atomic mass is 9.79. The predicted octanol–water partition coefficient (Wildman–Crippen LogP) is 6.29. The second-order valence-electron chi connectivity index (χ2n) is 10.1. The number of benzene rings is 1. The van der Waals surface area contributed by atoms with Gasteiger partial charge in [0, 0.05) is 5.25 Å². The molecule has 27 heavy (non-hydrogen) atoms. The number of carbonyl (C=O) groups excluding carboxylic acids is 1. The summed E-state index contributed by atoms with van der Waals surface area (Å²) in [6.45, 7) is 13.8. The number of ether oxygens (including phenoxy) is 1. The summed E-state index contributed by atoms with van der Waals surface area (Å²) in [7, 11) is 1.48. The summed E-state index contributed by atoms with van der Waals surface area (Å²) < 4.78 is 4.80. The number of thioether (sulfide) groups is 1. The second-order valence-corrected chi connectivity index (χ2v) is 11.3. The van der Waals surface area contributed by atoms with Crippen LogP contribution in [0.5, 0.6) is 0 Å². The fourth-order valence-corrected chi connectivity index (χ4v) is 5.19. The molecular formula is C24H38O2S. The molecule has 1 aliphatic rings. The zero-order valence-corrected chi connectivity index (χ0v) is 19.2. The molecule has 1 saturated carbocycles. The standard InChI is InChI=1S/C24H38O2S/c1-23(2,3)19-13-17(14-20(15-19)24(4,5)6)11-12-18-9-8-10-21(18)27-16-22(25)26-7/h13-15,18,21H,8-12,16H2,1-7H3/t18-,21+/m0/s1. The first kappa shape index (κ1) is 22.3. The van der Waals surface area contributed by atoms with Gasteiger partial charge in [-0.2, -0.15) is 0 Å². The summed E-state index contributed by atoms with van der Waals surface area (Å²) in [6, 6.07) is 7.23. The van der Waals surface area contributed by atoms with Crippen LogP contribution in [-0.4, -0.2) is 24.1 Å². The number of hydrogen-bond acceptors (Lipinski definition) is 3. The van der Waals surface area contributed by atoms with E-state index in [4.69, 9.17) is 4.74 Å². The fraction of sp³-hybridized carbons (Fsp3) is 0.708. The Morgan fingerprint density at radius 3 is 2.15 bits per heavy atom. The highest BCUT2D eigenvalue weighted by Crippen LogP contribution is 2.38. The Balaban J connectivity index is 2.09. The number of esters is 1. The molecule has 1 aromatic carbocycles. The molecular weight excluding hydrogens is 352 g/mol. The molecule has 0 spiro atoms. The molecule has 0 aromatic heterocycles. The molecule has 2 rings (SSSR count). The average Bonchev–Trinajstić information content (AvgIpc) is 3.03. The van der Waals surface area contributed by atoms with Crippen LogP contribution in [0.15, 0.2) is 18.2 Å². The largest absolute Gasteiger partial charge is 0.468 e. The van der Waals surface area contributed by atoms with Gasteiger partial charge < -0.3 is 4.74 Å². The van der Waals surface area contributed by atoms with Crippen molar-refractivity contribution in [3.63, 3.8) is 0 Å². The van der Waals surface area contributed by atoms with Crippen molar-refractivity contribution in [2.75, 3.05) is 12.9 Å².